The number of carbonyl (C=O) groups is 4. The molecule has 3 saturated heterocycles. The number of hydrogen-bond donors (Lipinski definition) is 4. The van der Waals surface area contributed by atoms with Crippen molar-refractivity contribution in [3.8, 4) is 16.2 Å². The molecule has 1 saturated carbocycles. The van der Waals surface area contributed by atoms with Crippen LogP contribution >= 0.6 is 22.9 Å². The highest BCUT2D eigenvalue weighted by Crippen LogP contribution is 2.56. The molecule has 4 fully saturated rings. The van der Waals surface area contributed by atoms with Gasteiger partial charge >= 0.3 is 0 Å². The van der Waals surface area contributed by atoms with Gasteiger partial charge in [0.15, 0.2) is 0 Å². The number of carbonyl (C=O) groups excluding carboxylic acids is 4. The first-order chi connectivity index (χ1) is 33.5. The molecule has 0 spiro atoms. The second-order valence-corrected chi connectivity index (χ2v) is 23.2. The third-order valence-corrected chi connectivity index (χ3v) is 16.2. The van der Waals surface area contributed by atoms with Crippen molar-refractivity contribution in [2.45, 2.75) is 111 Å². The second kappa shape index (κ2) is 20.5. The topological polar surface area (TPSA) is 177 Å². The van der Waals surface area contributed by atoms with Gasteiger partial charge in [-0.05, 0) is 54.7 Å². The normalized spacial score (nSPS) is 23.1. The van der Waals surface area contributed by atoms with E-state index in [0.29, 0.717) is 28.1 Å². The lowest BCUT2D eigenvalue weighted by atomic mass is 9.49. The van der Waals surface area contributed by atoms with Crippen LogP contribution in [-0.2, 0) is 14.4 Å². The van der Waals surface area contributed by atoms with E-state index in [1.807, 2.05) is 76.5 Å². The number of aliphatic hydroxyl groups excluding tert-OH is 1. The highest BCUT2D eigenvalue weighted by atomic mass is 35.5. The van der Waals surface area contributed by atoms with Crippen molar-refractivity contribution in [1.29, 1.82) is 0 Å². The molecule has 4 atom stereocenters. The molecular weight excluding hydrogens is 940 g/mol. The van der Waals surface area contributed by atoms with Crippen LogP contribution < -0.4 is 25.6 Å². The van der Waals surface area contributed by atoms with Crippen LogP contribution in [0.25, 0.3) is 15.3 Å². The Morgan fingerprint density at radius 3 is 2.24 bits per heavy atom. The van der Waals surface area contributed by atoms with Crippen LogP contribution in [-0.4, -0.2) is 142 Å². The number of hydrogen-bond acceptors (Lipinski definition) is 12. The maximum atomic E-state index is 14.3. The van der Waals surface area contributed by atoms with Crippen molar-refractivity contribution in [3.63, 3.8) is 0 Å². The van der Waals surface area contributed by atoms with Gasteiger partial charge in [-0.2, -0.15) is 0 Å². The number of benzene rings is 2. The first kappa shape index (κ1) is 51.7. The quantitative estimate of drug-likeness (QED) is 0.101. The van der Waals surface area contributed by atoms with Gasteiger partial charge in [-0.25, -0.2) is 14.8 Å². The van der Waals surface area contributed by atoms with E-state index in [0.717, 1.165) is 66.8 Å². The van der Waals surface area contributed by atoms with E-state index in [2.05, 4.69) is 68.2 Å². The summed E-state index contributed by atoms with van der Waals surface area (Å²) in [5.74, 6) is 0.202. The molecule has 5 heterocycles. The maximum absolute atomic E-state index is 14.3. The minimum Gasteiger partial charge on any atom is -0.489 e. The van der Waals surface area contributed by atoms with Gasteiger partial charge in [0, 0.05) is 81.3 Å². The lowest BCUT2D eigenvalue weighted by molar-refractivity contribution is -0.164. The zero-order valence-electron chi connectivity index (χ0n) is 42.2. The van der Waals surface area contributed by atoms with Gasteiger partial charge < -0.3 is 35.6 Å². The number of β-amino-alcohol motifs (C(OH)–C–C–N with tert-alkyl or cyclic N) is 1. The fourth-order valence-corrected chi connectivity index (χ4v) is 12.2. The van der Waals surface area contributed by atoms with Crippen molar-refractivity contribution in [3.05, 3.63) is 99.6 Å². The summed E-state index contributed by atoms with van der Waals surface area (Å²) in [4.78, 5) is 76.9. The van der Waals surface area contributed by atoms with E-state index in [-0.39, 0.29) is 72.2 Å². The Bertz CT molecular complexity index is 2630. The zero-order valence-corrected chi connectivity index (χ0v) is 43.7. The van der Waals surface area contributed by atoms with Crippen molar-refractivity contribution in [2.24, 2.45) is 16.2 Å². The number of rotatable bonds is 14. The van der Waals surface area contributed by atoms with Gasteiger partial charge in [-0.15, -0.1) is 11.3 Å². The second-order valence-electron chi connectivity index (χ2n) is 21.9. The van der Waals surface area contributed by atoms with Crippen LogP contribution in [0.1, 0.15) is 89.5 Å². The Morgan fingerprint density at radius 1 is 0.958 bits per heavy atom. The molecule has 4 N–H and O–H groups in total. The molecule has 2 aromatic carbocycles. The maximum Gasteiger partial charge on any atom is 0.253 e. The average molecular weight is 1010 g/mol. The molecule has 4 aromatic rings. The Morgan fingerprint density at radius 2 is 1.65 bits per heavy atom. The summed E-state index contributed by atoms with van der Waals surface area (Å²) in [5.41, 5.74) is 4.17. The molecule has 8 rings (SSSR count). The number of nitrogens with one attached hydrogen (secondary N) is 3. The summed E-state index contributed by atoms with van der Waals surface area (Å²) in [5, 5.41) is 20.4. The van der Waals surface area contributed by atoms with Crippen LogP contribution in [0.2, 0.25) is 5.02 Å². The third-order valence-electron chi connectivity index (χ3n) is 14.9. The zero-order chi connectivity index (χ0) is 51.2. The highest BCUT2D eigenvalue weighted by Gasteiger charge is 2.64. The summed E-state index contributed by atoms with van der Waals surface area (Å²) < 4.78 is 6.39. The standard InChI is InChI=1S/C53H67ClN10O6S/c1-31(33-11-13-34(14-12-33)44-32(2)57-30-71-44)58-47(68)41-23-37(65)28-64(41)48(69)45(51(3,4)5)59-43(66)29-61-26-36(27-61)62-19-21-63(22-20-62)42-18-15-35(25-56-42)46(67)60-49-52(6,7)50(53(49,8)9)70-38-16-17-40(55-10)39(54)24-38/h11-18,24-25,30-31,36-37,41,45,49-50,65H,19-23,26-29H2,1-9H3,(H,58,68)(H,59,66)(H,60,67)/t31-,37+,41?,45+,49?,50?/m0/s1. The molecule has 4 amide bonds. The summed E-state index contributed by atoms with van der Waals surface area (Å²) in [7, 11) is 0. The number of pyridine rings is 1. The molecule has 4 aliphatic rings. The van der Waals surface area contributed by atoms with E-state index in [1.54, 1.807) is 35.7 Å². The number of thiazole rings is 1. The van der Waals surface area contributed by atoms with Gasteiger partial charge in [-0.3, -0.25) is 29.0 Å². The van der Waals surface area contributed by atoms with Gasteiger partial charge in [0.1, 0.15) is 29.8 Å². The average Bonchev–Trinajstić information content (AvgIpc) is 3.94. The summed E-state index contributed by atoms with van der Waals surface area (Å²) in [6, 6.07) is 14.8. The minimum atomic E-state index is -0.906. The highest BCUT2D eigenvalue weighted by molar-refractivity contribution is 7.13. The predicted octanol–water partition coefficient (Wildman–Crippen LogP) is 6.51. The first-order valence-corrected chi connectivity index (χ1v) is 25.7. The molecule has 71 heavy (non-hydrogen) atoms. The SMILES string of the molecule is [C-]#[N+]c1ccc(OC2C(C)(C)C(NC(=O)c3ccc(N4CCN(C5CN(CC(=O)N[C@H](C(=O)N6C[C@H](O)CC6C(=O)N[C@@H](C)c6ccc(-c7scnc7C)cc6)C(C)(C)C)C5)CC4)nc3)C2(C)C)cc1Cl. The minimum absolute atomic E-state index is 0.00665. The monoisotopic (exact) mass is 1010 g/mol. The number of halogens is 1. The van der Waals surface area contributed by atoms with Crippen LogP contribution in [0, 0.1) is 29.7 Å². The number of nitrogens with zero attached hydrogens (tertiary/aromatic N) is 7. The van der Waals surface area contributed by atoms with E-state index >= 15 is 0 Å². The number of piperazine rings is 1. The van der Waals surface area contributed by atoms with Gasteiger partial charge in [0.25, 0.3) is 5.91 Å². The Labute approximate surface area is 426 Å². The number of aromatic nitrogens is 2. The lowest BCUT2D eigenvalue weighted by Crippen LogP contribution is -2.74. The molecule has 1 unspecified atom stereocenters. The van der Waals surface area contributed by atoms with Crippen LogP contribution in [0.3, 0.4) is 0 Å². The van der Waals surface area contributed by atoms with E-state index in [4.69, 9.17) is 27.9 Å². The molecule has 18 heteroatoms. The molecule has 1 aliphatic carbocycles. The number of aryl methyl sites for hydroxylation is 1. The predicted molar refractivity (Wildman–Crippen MR) is 276 cm³/mol. The number of anilines is 1. The van der Waals surface area contributed by atoms with Gasteiger partial charge in [0.05, 0.1) is 51.9 Å². The smallest absolute Gasteiger partial charge is 0.253 e. The molecular formula is C53H67ClN10O6S. The van der Waals surface area contributed by atoms with Crippen LogP contribution in [0.5, 0.6) is 5.75 Å². The number of aliphatic hydroxyl groups is 1. The fourth-order valence-electron chi connectivity index (χ4n) is 11.2. The van der Waals surface area contributed by atoms with E-state index < -0.39 is 23.6 Å². The molecule has 16 nitrogen and oxygen atoms in total. The van der Waals surface area contributed by atoms with E-state index in [9.17, 15) is 24.3 Å². The van der Waals surface area contributed by atoms with Gasteiger partial charge in [0.2, 0.25) is 23.4 Å². The van der Waals surface area contributed by atoms with Crippen LogP contribution in [0.4, 0.5) is 11.5 Å². The Balaban J connectivity index is 0.776. The van der Waals surface area contributed by atoms with E-state index in [1.165, 1.54) is 4.90 Å². The largest absolute Gasteiger partial charge is 0.489 e. The lowest BCUT2D eigenvalue weighted by Gasteiger charge is -2.63. The number of likely N-dealkylation sites (tertiary alicyclic amines) is 2. The molecule has 378 valence electrons. The Kier molecular flexibility index (Phi) is 14.9. The van der Waals surface area contributed by atoms with Crippen molar-refractivity contribution in [2.75, 3.05) is 57.3 Å². The Hall–Kier alpha value is -5.64. The van der Waals surface area contributed by atoms with Crippen molar-refractivity contribution >= 4 is 58.1 Å². The van der Waals surface area contributed by atoms with Crippen LogP contribution in [0.15, 0.2) is 66.3 Å². The summed E-state index contributed by atoms with van der Waals surface area (Å²) >= 11 is 7.85. The number of ether oxygens (including phenoxy) is 1. The summed E-state index contributed by atoms with van der Waals surface area (Å²) in [6.07, 6.45) is 0.675. The molecule has 2 aromatic heterocycles. The fraction of sp³-hybridized carbons (Fsp3) is 0.528. The number of amides is 4. The molecule has 3 aliphatic heterocycles. The molecule has 0 bridgehead atoms. The van der Waals surface area contributed by atoms with Gasteiger partial charge in [-0.1, -0.05) is 90.4 Å². The first-order valence-electron chi connectivity index (χ1n) is 24.5. The summed E-state index contributed by atoms with van der Waals surface area (Å²) in [6.45, 7) is 29.9. The van der Waals surface area contributed by atoms with Crippen molar-refractivity contribution < 1.29 is 29.0 Å². The third kappa shape index (κ3) is 10.9. The molecule has 0 radical (unpaired) electrons. The van der Waals surface area contributed by atoms with Crippen molar-refractivity contribution in [1.82, 2.24) is 40.6 Å².